The molecule has 0 saturated heterocycles. The van der Waals surface area contributed by atoms with Crippen molar-refractivity contribution in [3.8, 4) is 0 Å². The van der Waals surface area contributed by atoms with Crippen LogP contribution in [-0.4, -0.2) is 28.3 Å². The molecule has 27 heavy (non-hydrogen) atoms. The fraction of sp³-hybridized carbons (Fsp3) is 0.158. The molecule has 0 aliphatic heterocycles. The van der Waals surface area contributed by atoms with E-state index >= 15 is 0 Å². The monoisotopic (exact) mass is 385 g/mol. The van der Waals surface area contributed by atoms with Crippen molar-refractivity contribution in [2.75, 3.05) is 11.9 Å². The van der Waals surface area contributed by atoms with Gasteiger partial charge in [0.2, 0.25) is 0 Å². The molecular weight excluding hydrogens is 370 g/mol. The van der Waals surface area contributed by atoms with Crippen LogP contribution in [0, 0.1) is 0 Å². The topological polar surface area (TPSA) is 90.3 Å². The van der Waals surface area contributed by atoms with Gasteiger partial charge in [-0.2, -0.15) is 5.10 Å². The summed E-state index contributed by atoms with van der Waals surface area (Å²) >= 11 is 5.78. The highest BCUT2D eigenvalue weighted by Gasteiger charge is 2.14. The van der Waals surface area contributed by atoms with Crippen LogP contribution in [0.25, 0.3) is 10.8 Å². The van der Waals surface area contributed by atoms with Crippen LogP contribution in [-0.2, 0) is 27.8 Å². The number of nitrogens with zero attached hydrogens (tertiary/aromatic N) is 2. The van der Waals surface area contributed by atoms with Gasteiger partial charge < -0.3 is 10.1 Å². The number of benzene rings is 2. The van der Waals surface area contributed by atoms with Gasteiger partial charge in [-0.15, -0.1) is 0 Å². The van der Waals surface area contributed by atoms with Crippen LogP contribution in [0.3, 0.4) is 0 Å². The molecule has 7 nitrogen and oxygen atoms in total. The quantitative estimate of drug-likeness (QED) is 0.680. The third-order valence-corrected chi connectivity index (χ3v) is 4.09. The van der Waals surface area contributed by atoms with Crippen LogP contribution in [0.2, 0.25) is 5.02 Å². The van der Waals surface area contributed by atoms with Gasteiger partial charge in [-0.1, -0.05) is 29.8 Å². The average molecular weight is 386 g/mol. The molecule has 0 aliphatic carbocycles. The van der Waals surface area contributed by atoms with E-state index in [9.17, 15) is 14.4 Å². The van der Waals surface area contributed by atoms with Crippen molar-refractivity contribution in [3.05, 3.63) is 69.6 Å². The maximum absolute atomic E-state index is 12.1. The molecule has 138 valence electrons. The minimum atomic E-state index is -0.613. The van der Waals surface area contributed by atoms with Crippen molar-refractivity contribution in [2.24, 2.45) is 7.05 Å². The van der Waals surface area contributed by atoms with Crippen molar-refractivity contribution in [1.29, 1.82) is 0 Å². The number of hydrogen-bond acceptors (Lipinski definition) is 5. The molecule has 0 atom stereocenters. The van der Waals surface area contributed by atoms with Gasteiger partial charge in [0.05, 0.1) is 17.5 Å². The first-order chi connectivity index (χ1) is 12.9. The summed E-state index contributed by atoms with van der Waals surface area (Å²) in [6.07, 6.45) is -0.150. The number of aryl methyl sites for hydroxylation is 1. The van der Waals surface area contributed by atoms with E-state index in [1.54, 1.807) is 48.5 Å². The number of halogens is 1. The molecule has 0 radical (unpaired) electrons. The zero-order valence-electron chi connectivity index (χ0n) is 14.4. The van der Waals surface area contributed by atoms with E-state index in [2.05, 4.69) is 10.4 Å². The summed E-state index contributed by atoms with van der Waals surface area (Å²) in [6.45, 7) is -0.425. The Hall–Kier alpha value is -3.19. The van der Waals surface area contributed by atoms with Gasteiger partial charge >= 0.3 is 5.97 Å². The maximum atomic E-state index is 12.1. The fourth-order valence-corrected chi connectivity index (χ4v) is 2.70. The van der Waals surface area contributed by atoms with Gasteiger partial charge in [-0.25, -0.2) is 4.68 Å². The first-order valence-corrected chi connectivity index (χ1v) is 8.48. The molecule has 2 aromatic carbocycles. The van der Waals surface area contributed by atoms with E-state index in [4.69, 9.17) is 16.3 Å². The third kappa shape index (κ3) is 4.51. The number of aromatic nitrogens is 2. The van der Waals surface area contributed by atoms with Crippen molar-refractivity contribution < 1.29 is 14.3 Å². The Bertz CT molecular complexity index is 1060. The maximum Gasteiger partial charge on any atom is 0.312 e. The largest absolute Gasteiger partial charge is 0.455 e. The van der Waals surface area contributed by atoms with Gasteiger partial charge in [0, 0.05) is 23.1 Å². The Kier molecular flexibility index (Phi) is 5.52. The Balaban J connectivity index is 1.64. The van der Waals surface area contributed by atoms with Crippen LogP contribution >= 0.6 is 11.6 Å². The van der Waals surface area contributed by atoms with Crippen molar-refractivity contribution in [3.63, 3.8) is 0 Å². The van der Waals surface area contributed by atoms with Gasteiger partial charge in [0.1, 0.15) is 0 Å². The second-order valence-corrected chi connectivity index (χ2v) is 6.25. The Morgan fingerprint density at radius 1 is 1.11 bits per heavy atom. The molecule has 3 aromatic rings. The second-order valence-electron chi connectivity index (χ2n) is 5.81. The highest BCUT2D eigenvalue weighted by molar-refractivity contribution is 6.30. The smallest absolute Gasteiger partial charge is 0.312 e. The van der Waals surface area contributed by atoms with E-state index in [0.717, 1.165) is 0 Å². The van der Waals surface area contributed by atoms with Crippen molar-refractivity contribution >= 4 is 39.9 Å². The predicted octanol–water partition coefficient (Wildman–Crippen LogP) is 2.31. The van der Waals surface area contributed by atoms with Crippen LogP contribution in [0.4, 0.5) is 5.69 Å². The lowest BCUT2D eigenvalue weighted by Crippen LogP contribution is -2.24. The van der Waals surface area contributed by atoms with Crippen LogP contribution in [0.5, 0.6) is 0 Å². The number of anilines is 1. The summed E-state index contributed by atoms with van der Waals surface area (Å²) in [7, 11) is 1.52. The van der Waals surface area contributed by atoms with Crippen LogP contribution < -0.4 is 10.9 Å². The number of nitrogens with one attached hydrogen (secondary N) is 1. The number of fused-ring (bicyclic) bond motifs is 1. The zero-order valence-corrected chi connectivity index (χ0v) is 15.2. The highest BCUT2D eigenvalue weighted by Crippen LogP contribution is 2.15. The summed E-state index contributed by atoms with van der Waals surface area (Å²) in [5.74, 6) is -1.08. The van der Waals surface area contributed by atoms with Gasteiger partial charge in [-0.3, -0.25) is 14.4 Å². The van der Waals surface area contributed by atoms with Gasteiger partial charge in [-0.05, 0) is 30.3 Å². The summed E-state index contributed by atoms with van der Waals surface area (Å²) < 4.78 is 6.20. The molecule has 8 heteroatoms. The molecule has 1 aromatic heterocycles. The molecule has 0 unspecified atom stereocenters. The molecule has 1 heterocycles. The second kappa shape index (κ2) is 8.01. The molecule has 3 rings (SSSR count). The number of esters is 1. The number of hydrogen-bond donors (Lipinski definition) is 1. The SMILES string of the molecule is Cn1nc(CC(=O)OCC(=O)Nc2ccc(Cl)cc2)c2ccccc2c1=O. The Morgan fingerprint density at radius 3 is 2.48 bits per heavy atom. The summed E-state index contributed by atoms with van der Waals surface area (Å²) in [5, 5.41) is 8.34. The lowest BCUT2D eigenvalue weighted by Gasteiger charge is -2.09. The minimum Gasteiger partial charge on any atom is -0.455 e. The normalized spacial score (nSPS) is 10.6. The number of carbonyl (C=O) groups excluding carboxylic acids is 2. The van der Waals surface area contributed by atoms with E-state index in [1.807, 2.05) is 0 Å². The number of carbonyl (C=O) groups is 2. The van der Waals surface area contributed by atoms with Crippen LogP contribution in [0.15, 0.2) is 53.3 Å². The third-order valence-electron chi connectivity index (χ3n) is 3.84. The molecule has 0 fully saturated rings. The first kappa shape index (κ1) is 18.6. The highest BCUT2D eigenvalue weighted by atomic mass is 35.5. The van der Waals surface area contributed by atoms with E-state index in [1.165, 1.54) is 11.7 Å². The summed E-state index contributed by atoms with van der Waals surface area (Å²) in [5.41, 5.74) is 0.715. The molecule has 1 N–H and O–H groups in total. The first-order valence-electron chi connectivity index (χ1n) is 8.10. The Labute approximate surface area is 159 Å². The molecule has 0 bridgehead atoms. The number of rotatable bonds is 5. The molecular formula is C19H16ClN3O4. The number of ether oxygens (including phenoxy) is 1. The summed E-state index contributed by atoms with van der Waals surface area (Å²) in [4.78, 5) is 36.1. The molecule has 1 amide bonds. The van der Waals surface area contributed by atoms with Crippen molar-refractivity contribution in [1.82, 2.24) is 9.78 Å². The fourth-order valence-electron chi connectivity index (χ4n) is 2.57. The van der Waals surface area contributed by atoms with E-state index < -0.39 is 18.5 Å². The number of amides is 1. The van der Waals surface area contributed by atoms with E-state index in [0.29, 0.717) is 27.2 Å². The van der Waals surface area contributed by atoms with Crippen molar-refractivity contribution in [2.45, 2.75) is 6.42 Å². The lowest BCUT2D eigenvalue weighted by atomic mass is 10.1. The van der Waals surface area contributed by atoms with E-state index in [-0.39, 0.29) is 12.0 Å². The molecule has 0 saturated carbocycles. The van der Waals surface area contributed by atoms with Gasteiger partial charge in [0.15, 0.2) is 6.61 Å². The summed E-state index contributed by atoms with van der Waals surface area (Å²) in [6, 6.07) is 13.5. The minimum absolute atomic E-state index is 0.150. The predicted molar refractivity (Wildman–Crippen MR) is 102 cm³/mol. The van der Waals surface area contributed by atoms with Gasteiger partial charge in [0.25, 0.3) is 11.5 Å². The molecule has 0 spiro atoms. The Morgan fingerprint density at radius 2 is 1.78 bits per heavy atom. The zero-order chi connectivity index (χ0) is 19.4. The molecule has 0 aliphatic rings. The standard InChI is InChI=1S/C19H16ClN3O4/c1-23-19(26)15-5-3-2-4-14(15)16(22-23)10-18(25)27-11-17(24)21-13-8-6-12(20)7-9-13/h2-9H,10-11H2,1H3,(H,21,24). The lowest BCUT2D eigenvalue weighted by molar-refractivity contribution is -0.146. The van der Waals surface area contributed by atoms with Crippen LogP contribution in [0.1, 0.15) is 5.69 Å². The average Bonchev–Trinajstić information content (AvgIpc) is 2.66.